The fraction of sp³-hybridized carbons (Fsp3) is 0.278. The first kappa shape index (κ1) is 18.8. The highest BCUT2D eigenvalue weighted by Gasteiger charge is 2.34. The van der Waals surface area contributed by atoms with Gasteiger partial charge in [-0.1, -0.05) is 12.1 Å². The van der Waals surface area contributed by atoms with Gasteiger partial charge in [-0.2, -0.15) is 13.2 Å². The Bertz CT molecular complexity index is 826. The van der Waals surface area contributed by atoms with E-state index in [0.717, 1.165) is 6.07 Å². The van der Waals surface area contributed by atoms with Crippen LogP contribution in [0.25, 0.3) is 0 Å². The van der Waals surface area contributed by atoms with Crippen LogP contribution in [0.4, 0.5) is 23.2 Å². The lowest BCUT2D eigenvalue weighted by molar-refractivity contribution is -0.139. The first-order valence-electron chi connectivity index (χ1n) is 8.09. The third kappa shape index (κ3) is 4.81. The van der Waals surface area contributed by atoms with Crippen molar-refractivity contribution < 1.29 is 31.8 Å². The zero-order valence-corrected chi connectivity index (χ0v) is 14.0. The van der Waals surface area contributed by atoms with E-state index in [1.54, 1.807) is 18.2 Å². The molecule has 0 aliphatic carbocycles. The Balaban J connectivity index is 1.48. The van der Waals surface area contributed by atoms with E-state index in [1.165, 1.54) is 0 Å². The fourth-order valence-electron chi connectivity index (χ4n) is 2.49. The highest BCUT2D eigenvalue weighted by Crippen LogP contribution is 2.33. The van der Waals surface area contributed by atoms with Gasteiger partial charge in [-0.05, 0) is 30.3 Å². The summed E-state index contributed by atoms with van der Waals surface area (Å²) in [6.07, 6.45) is -5.19. The normalized spacial score (nSPS) is 15.9. The molecule has 1 heterocycles. The number of nitrogens with one attached hydrogen (secondary N) is 2. The van der Waals surface area contributed by atoms with E-state index < -0.39 is 23.5 Å². The average molecular weight is 384 g/mol. The number of halogens is 4. The zero-order chi connectivity index (χ0) is 19.4. The molecule has 2 aromatic carbocycles. The Morgan fingerprint density at radius 3 is 2.63 bits per heavy atom. The molecule has 0 bridgehead atoms. The molecule has 0 saturated carbocycles. The van der Waals surface area contributed by atoms with E-state index in [2.05, 4.69) is 10.6 Å². The maximum absolute atomic E-state index is 13.2. The van der Waals surface area contributed by atoms with E-state index >= 15 is 0 Å². The van der Waals surface area contributed by atoms with Crippen molar-refractivity contribution in [3.8, 4) is 11.5 Å². The summed E-state index contributed by atoms with van der Waals surface area (Å²) in [5.74, 6) is -0.617. The highest BCUT2D eigenvalue weighted by atomic mass is 19.4. The first-order chi connectivity index (χ1) is 12.8. The number of hydrogen-bond acceptors (Lipinski definition) is 4. The van der Waals surface area contributed by atoms with Crippen molar-refractivity contribution in [1.82, 2.24) is 5.32 Å². The molecule has 0 fully saturated rings. The summed E-state index contributed by atoms with van der Waals surface area (Å²) < 4.78 is 62.5. The third-order valence-corrected chi connectivity index (χ3v) is 3.82. The van der Waals surface area contributed by atoms with Crippen molar-refractivity contribution >= 4 is 11.6 Å². The summed E-state index contributed by atoms with van der Waals surface area (Å²) >= 11 is 0. The summed E-state index contributed by atoms with van der Waals surface area (Å²) in [6, 6.07) is 9.59. The van der Waals surface area contributed by atoms with Crippen molar-refractivity contribution in [2.75, 3.05) is 25.0 Å². The standard InChI is InChI=1S/C18H16F4N2O3/c19-14-6-5-11(7-13(14)18(20,21)22)23-9-17(25)24-8-12-10-26-15-3-1-2-4-16(15)27-12/h1-7,12,23H,8-10H2,(H,24,25)/t12-/m0/s1. The van der Waals surface area contributed by atoms with Crippen LogP contribution in [0.1, 0.15) is 5.56 Å². The van der Waals surface area contributed by atoms with Gasteiger partial charge < -0.3 is 20.1 Å². The number of fused-ring (bicyclic) bond motifs is 1. The summed E-state index contributed by atoms with van der Waals surface area (Å²) in [5.41, 5.74) is -1.40. The molecule has 5 nitrogen and oxygen atoms in total. The number of carbonyl (C=O) groups excluding carboxylic acids is 1. The predicted octanol–water partition coefficient (Wildman–Crippen LogP) is 3.21. The minimum absolute atomic E-state index is 0.00921. The van der Waals surface area contributed by atoms with E-state index in [-0.39, 0.29) is 31.5 Å². The molecule has 0 spiro atoms. The second-order valence-corrected chi connectivity index (χ2v) is 5.85. The van der Waals surface area contributed by atoms with E-state index in [0.29, 0.717) is 23.6 Å². The summed E-state index contributed by atoms with van der Waals surface area (Å²) in [4.78, 5) is 11.9. The van der Waals surface area contributed by atoms with Gasteiger partial charge in [-0.15, -0.1) is 0 Å². The monoisotopic (exact) mass is 384 g/mol. The van der Waals surface area contributed by atoms with Gasteiger partial charge >= 0.3 is 6.18 Å². The maximum Gasteiger partial charge on any atom is 0.419 e. The predicted molar refractivity (Wildman–Crippen MR) is 89.3 cm³/mol. The van der Waals surface area contributed by atoms with Crippen LogP contribution in [-0.4, -0.2) is 31.7 Å². The molecule has 3 rings (SSSR count). The zero-order valence-electron chi connectivity index (χ0n) is 14.0. The van der Waals surface area contributed by atoms with Crippen LogP contribution in [-0.2, 0) is 11.0 Å². The van der Waals surface area contributed by atoms with Crippen LogP contribution in [0.3, 0.4) is 0 Å². The number of carbonyl (C=O) groups is 1. The molecule has 9 heteroatoms. The topological polar surface area (TPSA) is 59.6 Å². The number of anilines is 1. The first-order valence-corrected chi connectivity index (χ1v) is 8.09. The second kappa shape index (κ2) is 7.73. The quantitative estimate of drug-likeness (QED) is 0.778. The lowest BCUT2D eigenvalue weighted by Gasteiger charge is -2.26. The smallest absolute Gasteiger partial charge is 0.419 e. The Labute approximate surface area is 152 Å². The largest absolute Gasteiger partial charge is 0.486 e. The van der Waals surface area contributed by atoms with Gasteiger partial charge in [0, 0.05) is 5.69 Å². The van der Waals surface area contributed by atoms with Gasteiger partial charge in [0.1, 0.15) is 18.5 Å². The van der Waals surface area contributed by atoms with E-state index in [1.807, 2.05) is 6.07 Å². The molecule has 1 atom stereocenters. The van der Waals surface area contributed by atoms with E-state index in [4.69, 9.17) is 9.47 Å². The molecule has 2 aromatic rings. The van der Waals surface area contributed by atoms with Crippen LogP contribution < -0.4 is 20.1 Å². The van der Waals surface area contributed by atoms with Crippen molar-refractivity contribution in [2.45, 2.75) is 12.3 Å². The number of para-hydroxylation sites is 2. The van der Waals surface area contributed by atoms with Gasteiger partial charge in [-0.3, -0.25) is 4.79 Å². The number of hydrogen-bond donors (Lipinski definition) is 2. The molecule has 0 unspecified atom stereocenters. The van der Waals surface area contributed by atoms with E-state index in [9.17, 15) is 22.4 Å². The summed E-state index contributed by atoms with van der Waals surface area (Å²) in [5, 5.41) is 5.14. The minimum Gasteiger partial charge on any atom is -0.486 e. The van der Waals surface area contributed by atoms with Crippen molar-refractivity contribution in [3.63, 3.8) is 0 Å². The van der Waals surface area contributed by atoms with Gasteiger partial charge in [0.05, 0.1) is 18.7 Å². The molecular weight excluding hydrogens is 368 g/mol. The Hall–Kier alpha value is -2.97. The molecule has 1 aliphatic rings. The number of ether oxygens (including phenoxy) is 2. The molecule has 144 valence electrons. The number of alkyl halides is 3. The molecule has 0 radical (unpaired) electrons. The maximum atomic E-state index is 13.2. The Morgan fingerprint density at radius 2 is 1.89 bits per heavy atom. The van der Waals surface area contributed by atoms with Crippen LogP contribution in [0.5, 0.6) is 11.5 Å². The molecule has 1 amide bonds. The Morgan fingerprint density at radius 1 is 1.15 bits per heavy atom. The summed E-state index contributed by atoms with van der Waals surface area (Å²) in [7, 11) is 0. The molecule has 27 heavy (non-hydrogen) atoms. The van der Waals surface area contributed by atoms with Gasteiger partial charge in [0.2, 0.25) is 5.91 Å². The lowest BCUT2D eigenvalue weighted by atomic mass is 10.2. The fourth-order valence-corrected chi connectivity index (χ4v) is 2.49. The molecule has 0 aromatic heterocycles. The lowest BCUT2D eigenvalue weighted by Crippen LogP contribution is -2.42. The van der Waals surface area contributed by atoms with Crippen LogP contribution in [0.2, 0.25) is 0 Å². The minimum atomic E-state index is -4.81. The van der Waals surface area contributed by atoms with Gasteiger partial charge in [0.25, 0.3) is 0 Å². The van der Waals surface area contributed by atoms with Gasteiger partial charge in [0.15, 0.2) is 11.5 Å². The van der Waals surface area contributed by atoms with Crippen molar-refractivity contribution in [2.24, 2.45) is 0 Å². The second-order valence-electron chi connectivity index (χ2n) is 5.85. The molecule has 1 aliphatic heterocycles. The highest BCUT2D eigenvalue weighted by molar-refractivity contribution is 5.80. The van der Waals surface area contributed by atoms with Crippen LogP contribution in [0, 0.1) is 5.82 Å². The number of benzene rings is 2. The van der Waals surface area contributed by atoms with Gasteiger partial charge in [-0.25, -0.2) is 4.39 Å². The molecular formula is C18H16F4N2O3. The Kier molecular flexibility index (Phi) is 5.38. The number of amides is 1. The average Bonchev–Trinajstić information content (AvgIpc) is 2.64. The van der Waals surface area contributed by atoms with Crippen LogP contribution >= 0.6 is 0 Å². The SMILES string of the molecule is O=C(CNc1ccc(F)c(C(F)(F)F)c1)NC[C@H]1COc2ccccc2O1. The number of rotatable bonds is 5. The third-order valence-electron chi connectivity index (χ3n) is 3.82. The van der Waals surface area contributed by atoms with Crippen molar-refractivity contribution in [3.05, 3.63) is 53.8 Å². The van der Waals surface area contributed by atoms with Crippen molar-refractivity contribution in [1.29, 1.82) is 0 Å². The molecule has 0 saturated heterocycles. The van der Waals surface area contributed by atoms with Crippen LogP contribution in [0.15, 0.2) is 42.5 Å². The summed E-state index contributed by atoms with van der Waals surface area (Å²) in [6.45, 7) is 0.163. The molecule has 2 N–H and O–H groups in total.